The summed E-state index contributed by atoms with van der Waals surface area (Å²) in [7, 11) is 0. The Balaban J connectivity index is 1.95. The van der Waals surface area contributed by atoms with E-state index in [2.05, 4.69) is 0 Å². The van der Waals surface area contributed by atoms with Crippen molar-refractivity contribution in [2.45, 2.75) is 54.8 Å². The van der Waals surface area contributed by atoms with Crippen molar-refractivity contribution in [3.8, 4) is 0 Å². The molecular weight excluding hydrogens is 320 g/mol. The van der Waals surface area contributed by atoms with Crippen LogP contribution in [-0.4, -0.2) is 115 Å². The number of aliphatic hydroxyl groups is 8. The zero-order chi connectivity index (χ0) is 17.4. The van der Waals surface area contributed by atoms with Gasteiger partial charge in [0.05, 0.1) is 19.8 Å². The van der Waals surface area contributed by atoms with Crippen LogP contribution in [0.1, 0.15) is 0 Å². The first-order chi connectivity index (χ1) is 10.7. The Labute approximate surface area is 130 Å². The van der Waals surface area contributed by atoms with Gasteiger partial charge in [-0.15, -0.1) is 0 Å². The van der Waals surface area contributed by atoms with Crippen molar-refractivity contribution in [3.05, 3.63) is 0 Å². The molecule has 0 unspecified atom stereocenters. The fourth-order valence-corrected chi connectivity index (χ4v) is 2.53. The van der Waals surface area contributed by atoms with Crippen LogP contribution < -0.4 is 0 Å². The minimum Gasteiger partial charge on any atom is -0.394 e. The lowest BCUT2D eigenvalue weighted by molar-refractivity contribution is -0.310. The molecule has 2 aliphatic heterocycles. The highest BCUT2D eigenvalue weighted by Gasteiger charge is 2.53. The van der Waals surface area contributed by atoms with Crippen molar-refractivity contribution in [2.24, 2.45) is 0 Å². The summed E-state index contributed by atoms with van der Waals surface area (Å²) in [6, 6.07) is 0. The highest BCUT2D eigenvalue weighted by molar-refractivity contribution is 4.95. The molecule has 136 valence electrons. The van der Waals surface area contributed by atoms with E-state index >= 15 is 0 Å². The lowest BCUT2D eigenvalue weighted by atomic mass is 9.99. The Morgan fingerprint density at radius 1 is 0.870 bits per heavy atom. The molecule has 8 N–H and O–H groups in total. The Morgan fingerprint density at radius 3 is 2.04 bits per heavy atom. The minimum atomic E-state index is -2.34. The summed E-state index contributed by atoms with van der Waals surface area (Å²) in [5.74, 6) is -2.34. The van der Waals surface area contributed by atoms with E-state index < -0.39 is 74.6 Å². The highest BCUT2D eigenvalue weighted by atomic mass is 16.7. The first kappa shape index (κ1) is 18.9. The molecule has 11 heteroatoms. The molecular formula is C12H22O11. The summed E-state index contributed by atoms with van der Waals surface area (Å²) in [6.07, 6.45) is -12.0. The van der Waals surface area contributed by atoms with Crippen LogP contribution in [0.15, 0.2) is 0 Å². The van der Waals surface area contributed by atoms with Crippen molar-refractivity contribution in [3.63, 3.8) is 0 Å². The molecule has 0 aromatic heterocycles. The molecule has 9 atom stereocenters. The third-order valence-corrected chi connectivity index (χ3v) is 4.02. The van der Waals surface area contributed by atoms with Gasteiger partial charge in [0.1, 0.15) is 42.7 Å². The third-order valence-electron chi connectivity index (χ3n) is 4.02. The highest BCUT2D eigenvalue weighted by Crippen LogP contribution is 2.30. The SMILES string of the molecule is OC[C@H]1O[C@H](OC[C@H]2O[C@@](O)(CO)[C@@H](O)[C@@H]2O)[C@H](O)[C@H](O)[C@@H]1O. The van der Waals surface area contributed by atoms with Gasteiger partial charge >= 0.3 is 0 Å². The molecule has 2 aliphatic rings. The van der Waals surface area contributed by atoms with E-state index in [1.807, 2.05) is 0 Å². The van der Waals surface area contributed by atoms with Gasteiger partial charge in [-0.2, -0.15) is 0 Å². The molecule has 0 aliphatic carbocycles. The number of hydrogen-bond acceptors (Lipinski definition) is 11. The van der Waals surface area contributed by atoms with E-state index in [1.165, 1.54) is 0 Å². The molecule has 2 saturated heterocycles. The standard InChI is InChI=1S/C12H22O11/c13-1-4-6(15)8(17)9(18)11(22-4)21-2-5-7(16)10(19)12(20,3-14)23-5/h4-11,13-20H,1-3H2/t4-,5-,6-,7-,8-,9-,10+,11+,12+/m1/s1. The maximum Gasteiger partial charge on any atom is 0.219 e. The van der Waals surface area contributed by atoms with Crippen molar-refractivity contribution in [1.82, 2.24) is 0 Å². The van der Waals surface area contributed by atoms with Crippen LogP contribution in [0.25, 0.3) is 0 Å². The molecule has 0 amide bonds. The van der Waals surface area contributed by atoms with Gasteiger partial charge in [0.2, 0.25) is 5.79 Å². The van der Waals surface area contributed by atoms with Gasteiger partial charge < -0.3 is 55.1 Å². The minimum absolute atomic E-state index is 0.469. The zero-order valence-electron chi connectivity index (χ0n) is 12.0. The van der Waals surface area contributed by atoms with Gasteiger partial charge in [-0.1, -0.05) is 0 Å². The van der Waals surface area contributed by atoms with Gasteiger partial charge in [0, 0.05) is 0 Å². The fraction of sp³-hybridized carbons (Fsp3) is 1.00. The van der Waals surface area contributed by atoms with E-state index in [9.17, 15) is 30.6 Å². The van der Waals surface area contributed by atoms with E-state index in [1.54, 1.807) is 0 Å². The summed E-state index contributed by atoms with van der Waals surface area (Å²) in [4.78, 5) is 0. The van der Waals surface area contributed by atoms with E-state index in [0.717, 1.165) is 0 Å². The van der Waals surface area contributed by atoms with Gasteiger partial charge in [-0.3, -0.25) is 0 Å². The molecule has 0 bridgehead atoms. The smallest absolute Gasteiger partial charge is 0.219 e. The quantitative estimate of drug-likeness (QED) is 0.238. The normalized spacial score (nSPS) is 51.1. The Bertz CT molecular complexity index is 393. The Hall–Kier alpha value is -0.440. The van der Waals surface area contributed by atoms with Crippen LogP contribution in [0.3, 0.4) is 0 Å². The van der Waals surface area contributed by atoms with E-state index in [4.69, 9.17) is 24.4 Å². The van der Waals surface area contributed by atoms with E-state index in [0.29, 0.717) is 0 Å². The van der Waals surface area contributed by atoms with Crippen molar-refractivity contribution in [1.29, 1.82) is 0 Å². The molecule has 0 radical (unpaired) electrons. The number of hydrogen-bond donors (Lipinski definition) is 8. The van der Waals surface area contributed by atoms with E-state index in [-0.39, 0.29) is 0 Å². The van der Waals surface area contributed by atoms with Crippen LogP contribution in [0, 0.1) is 0 Å². The second-order valence-corrected chi connectivity index (χ2v) is 5.63. The van der Waals surface area contributed by atoms with Crippen molar-refractivity contribution in [2.75, 3.05) is 19.8 Å². The predicted molar refractivity (Wildman–Crippen MR) is 68.6 cm³/mol. The van der Waals surface area contributed by atoms with Crippen LogP contribution in [0.4, 0.5) is 0 Å². The first-order valence-electron chi connectivity index (χ1n) is 7.04. The average molecular weight is 342 g/mol. The molecule has 2 rings (SSSR count). The molecule has 23 heavy (non-hydrogen) atoms. The second kappa shape index (κ2) is 7.21. The van der Waals surface area contributed by atoms with Crippen molar-refractivity contribution >= 4 is 0 Å². The molecule has 0 aromatic carbocycles. The van der Waals surface area contributed by atoms with Gasteiger partial charge in [-0.25, -0.2) is 0 Å². The molecule has 2 fully saturated rings. The Morgan fingerprint density at radius 2 is 1.52 bits per heavy atom. The maximum atomic E-state index is 9.78. The summed E-state index contributed by atoms with van der Waals surface area (Å²) in [6.45, 7) is -2.05. The predicted octanol–water partition coefficient (Wildman–Crippen LogP) is -5.40. The molecule has 0 aromatic rings. The second-order valence-electron chi connectivity index (χ2n) is 5.63. The molecule has 0 saturated carbocycles. The molecule has 0 spiro atoms. The monoisotopic (exact) mass is 342 g/mol. The molecule has 2 heterocycles. The van der Waals surface area contributed by atoms with Gasteiger partial charge in [-0.05, 0) is 0 Å². The lowest BCUT2D eigenvalue weighted by Gasteiger charge is -2.39. The Kier molecular flexibility index (Phi) is 5.92. The topological polar surface area (TPSA) is 190 Å². The number of aliphatic hydroxyl groups excluding tert-OH is 7. The average Bonchev–Trinajstić information content (AvgIpc) is 2.77. The largest absolute Gasteiger partial charge is 0.394 e. The zero-order valence-corrected chi connectivity index (χ0v) is 12.0. The van der Waals surface area contributed by atoms with Gasteiger partial charge in [0.15, 0.2) is 6.29 Å². The first-order valence-corrected chi connectivity index (χ1v) is 7.04. The summed E-state index contributed by atoms with van der Waals surface area (Å²) >= 11 is 0. The maximum absolute atomic E-state index is 9.78. The summed E-state index contributed by atoms with van der Waals surface area (Å²) in [5, 5.41) is 76.1. The van der Waals surface area contributed by atoms with Crippen LogP contribution in [-0.2, 0) is 14.2 Å². The third kappa shape index (κ3) is 3.50. The summed E-state index contributed by atoms with van der Waals surface area (Å²) in [5.41, 5.74) is 0. The van der Waals surface area contributed by atoms with Crippen LogP contribution >= 0.6 is 0 Å². The van der Waals surface area contributed by atoms with Crippen molar-refractivity contribution < 1.29 is 55.1 Å². The van der Waals surface area contributed by atoms with Crippen LogP contribution in [0.5, 0.6) is 0 Å². The number of ether oxygens (including phenoxy) is 3. The van der Waals surface area contributed by atoms with Gasteiger partial charge in [0.25, 0.3) is 0 Å². The summed E-state index contributed by atoms with van der Waals surface area (Å²) < 4.78 is 15.2. The fourth-order valence-electron chi connectivity index (χ4n) is 2.53. The lowest BCUT2D eigenvalue weighted by Crippen LogP contribution is -2.59. The number of rotatable bonds is 5. The molecule has 11 nitrogen and oxygen atoms in total. The van der Waals surface area contributed by atoms with Crippen LogP contribution in [0.2, 0.25) is 0 Å².